The molecule has 0 aliphatic carbocycles. The predicted octanol–water partition coefficient (Wildman–Crippen LogP) is 4.21. The second-order valence-electron chi connectivity index (χ2n) is 4.22. The van der Waals surface area contributed by atoms with E-state index < -0.39 is 0 Å². The number of rotatable bonds is 1. The van der Waals surface area contributed by atoms with Crippen molar-refractivity contribution in [2.45, 2.75) is 6.92 Å². The molecule has 3 rings (SSSR count). The number of aromatic nitrogens is 2. The van der Waals surface area contributed by atoms with Crippen LogP contribution in [0.4, 0.5) is 4.39 Å². The minimum atomic E-state index is -0.265. The number of fused-ring (bicyclic) bond motifs is 1. The summed E-state index contributed by atoms with van der Waals surface area (Å²) in [6.45, 7) is 2.01. The Balaban J connectivity index is 2.22. The van der Waals surface area contributed by atoms with E-state index in [4.69, 9.17) is 0 Å². The molecule has 0 N–H and O–H groups in total. The van der Waals surface area contributed by atoms with E-state index in [1.807, 2.05) is 35.9 Å². The van der Waals surface area contributed by atoms with E-state index in [2.05, 4.69) is 20.9 Å². The first kappa shape index (κ1) is 11.4. The van der Waals surface area contributed by atoms with Crippen LogP contribution >= 0.6 is 15.9 Å². The van der Waals surface area contributed by atoms with Crippen molar-refractivity contribution >= 4 is 21.6 Å². The molecule has 0 saturated heterocycles. The van der Waals surface area contributed by atoms with Crippen molar-refractivity contribution in [1.82, 2.24) is 9.38 Å². The summed E-state index contributed by atoms with van der Waals surface area (Å²) in [5.41, 5.74) is 3.10. The van der Waals surface area contributed by atoms with E-state index in [1.165, 1.54) is 6.07 Å². The van der Waals surface area contributed by atoms with Crippen LogP contribution in [0.15, 0.2) is 47.2 Å². The number of hydrogen-bond donors (Lipinski definition) is 0. The van der Waals surface area contributed by atoms with Crippen LogP contribution in [0.1, 0.15) is 5.56 Å². The van der Waals surface area contributed by atoms with Gasteiger partial charge in [0.05, 0.1) is 5.69 Å². The summed E-state index contributed by atoms with van der Waals surface area (Å²) in [6.07, 6.45) is 3.81. The van der Waals surface area contributed by atoms with Crippen LogP contribution in [0.2, 0.25) is 0 Å². The highest BCUT2D eigenvalue weighted by molar-refractivity contribution is 9.10. The molecule has 0 saturated carbocycles. The van der Waals surface area contributed by atoms with Gasteiger partial charge in [0.2, 0.25) is 0 Å². The molecule has 90 valence electrons. The fourth-order valence-corrected chi connectivity index (χ4v) is 2.29. The van der Waals surface area contributed by atoms with E-state index >= 15 is 0 Å². The van der Waals surface area contributed by atoms with Gasteiger partial charge in [0.15, 0.2) is 0 Å². The van der Waals surface area contributed by atoms with E-state index in [9.17, 15) is 4.39 Å². The normalized spacial score (nSPS) is 11.1. The maximum absolute atomic E-state index is 13.8. The minimum Gasteiger partial charge on any atom is -0.306 e. The number of aryl methyl sites for hydroxylation is 1. The van der Waals surface area contributed by atoms with Gasteiger partial charge in [-0.25, -0.2) is 9.37 Å². The molecule has 4 heteroatoms. The zero-order chi connectivity index (χ0) is 12.7. The van der Waals surface area contributed by atoms with Gasteiger partial charge in [-0.15, -0.1) is 0 Å². The SMILES string of the molecule is Cc1ccc2nc(-c3cc(Br)ccc3F)cn2c1. The first-order valence-corrected chi connectivity index (χ1v) is 6.33. The third kappa shape index (κ3) is 1.93. The summed E-state index contributed by atoms with van der Waals surface area (Å²) in [5.74, 6) is -0.265. The Kier molecular flexibility index (Phi) is 2.67. The Morgan fingerprint density at radius 2 is 2.00 bits per heavy atom. The number of pyridine rings is 1. The van der Waals surface area contributed by atoms with Crippen LogP contribution in [0.5, 0.6) is 0 Å². The maximum atomic E-state index is 13.8. The zero-order valence-electron chi connectivity index (χ0n) is 9.69. The second kappa shape index (κ2) is 4.21. The second-order valence-corrected chi connectivity index (χ2v) is 5.14. The lowest BCUT2D eigenvalue weighted by atomic mass is 10.1. The molecular formula is C14H10BrFN2. The van der Waals surface area contributed by atoms with Gasteiger partial charge in [0.1, 0.15) is 11.5 Å². The molecule has 0 atom stereocenters. The topological polar surface area (TPSA) is 17.3 Å². The number of halogens is 2. The van der Waals surface area contributed by atoms with Crippen LogP contribution in [-0.4, -0.2) is 9.38 Å². The molecule has 0 aliphatic rings. The smallest absolute Gasteiger partial charge is 0.137 e. The van der Waals surface area contributed by atoms with Crippen LogP contribution < -0.4 is 0 Å². The molecule has 0 aliphatic heterocycles. The van der Waals surface area contributed by atoms with Crippen molar-refractivity contribution in [3.63, 3.8) is 0 Å². The van der Waals surface area contributed by atoms with E-state index in [0.29, 0.717) is 11.3 Å². The van der Waals surface area contributed by atoms with Crippen molar-refractivity contribution in [3.8, 4) is 11.3 Å². The highest BCUT2D eigenvalue weighted by atomic mass is 79.9. The lowest BCUT2D eigenvalue weighted by Gasteiger charge is -1.99. The van der Waals surface area contributed by atoms with E-state index in [-0.39, 0.29) is 5.82 Å². The van der Waals surface area contributed by atoms with Gasteiger partial charge in [-0.1, -0.05) is 22.0 Å². The first-order valence-electron chi connectivity index (χ1n) is 5.54. The van der Waals surface area contributed by atoms with Crippen LogP contribution in [0.3, 0.4) is 0 Å². The Labute approximate surface area is 112 Å². The molecule has 2 heterocycles. The first-order chi connectivity index (χ1) is 8.63. The summed E-state index contributed by atoms with van der Waals surface area (Å²) in [5, 5.41) is 0. The molecule has 0 spiro atoms. The predicted molar refractivity (Wildman–Crippen MR) is 73.0 cm³/mol. The molecule has 3 aromatic rings. The monoisotopic (exact) mass is 304 g/mol. The van der Waals surface area contributed by atoms with E-state index in [1.54, 1.807) is 12.1 Å². The lowest BCUT2D eigenvalue weighted by molar-refractivity contribution is 0.630. The summed E-state index contributed by atoms with van der Waals surface area (Å²) in [4.78, 5) is 4.43. The van der Waals surface area contributed by atoms with Gasteiger partial charge in [-0.05, 0) is 36.8 Å². The van der Waals surface area contributed by atoms with Gasteiger partial charge in [-0.3, -0.25) is 0 Å². The molecule has 0 amide bonds. The van der Waals surface area contributed by atoms with Crippen LogP contribution in [0.25, 0.3) is 16.9 Å². The Morgan fingerprint density at radius 1 is 1.17 bits per heavy atom. The van der Waals surface area contributed by atoms with Crippen molar-refractivity contribution < 1.29 is 4.39 Å². The largest absolute Gasteiger partial charge is 0.306 e. The summed E-state index contributed by atoms with van der Waals surface area (Å²) in [7, 11) is 0. The quantitative estimate of drug-likeness (QED) is 0.658. The average Bonchev–Trinajstić information content (AvgIpc) is 2.74. The molecule has 2 aromatic heterocycles. The van der Waals surface area contributed by atoms with Crippen molar-refractivity contribution in [2.24, 2.45) is 0 Å². The molecule has 0 unspecified atom stereocenters. The average molecular weight is 305 g/mol. The summed E-state index contributed by atoms with van der Waals surface area (Å²) in [6, 6.07) is 8.77. The Bertz CT molecular complexity index is 734. The van der Waals surface area contributed by atoms with Crippen molar-refractivity contribution in [1.29, 1.82) is 0 Å². The van der Waals surface area contributed by atoms with Crippen molar-refractivity contribution in [2.75, 3.05) is 0 Å². The van der Waals surface area contributed by atoms with Crippen LogP contribution in [0, 0.1) is 12.7 Å². The molecule has 1 aromatic carbocycles. The molecular weight excluding hydrogens is 295 g/mol. The highest BCUT2D eigenvalue weighted by Crippen LogP contribution is 2.25. The molecule has 0 bridgehead atoms. The third-order valence-electron chi connectivity index (χ3n) is 2.80. The number of benzene rings is 1. The van der Waals surface area contributed by atoms with Gasteiger partial charge >= 0.3 is 0 Å². The Morgan fingerprint density at radius 3 is 2.83 bits per heavy atom. The summed E-state index contributed by atoms with van der Waals surface area (Å²) >= 11 is 3.35. The number of nitrogens with zero attached hydrogens (tertiary/aromatic N) is 2. The number of imidazole rings is 1. The third-order valence-corrected chi connectivity index (χ3v) is 3.30. The molecule has 0 fully saturated rings. The van der Waals surface area contributed by atoms with Crippen molar-refractivity contribution in [3.05, 3.63) is 58.6 Å². The summed E-state index contributed by atoms with van der Waals surface area (Å²) < 4.78 is 16.5. The Hall–Kier alpha value is -1.68. The molecule has 18 heavy (non-hydrogen) atoms. The molecule has 2 nitrogen and oxygen atoms in total. The van der Waals surface area contributed by atoms with E-state index in [0.717, 1.165) is 15.7 Å². The fourth-order valence-electron chi connectivity index (χ4n) is 1.93. The number of hydrogen-bond acceptors (Lipinski definition) is 1. The maximum Gasteiger partial charge on any atom is 0.137 e. The zero-order valence-corrected chi connectivity index (χ0v) is 11.3. The standard InChI is InChI=1S/C14H10BrFN2/c1-9-2-5-14-17-13(8-18(14)7-9)11-6-10(15)3-4-12(11)16/h2-8H,1H3. The van der Waals surface area contributed by atoms with Gasteiger partial charge in [0, 0.05) is 22.4 Å². The van der Waals surface area contributed by atoms with Gasteiger partial charge in [-0.2, -0.15) is 0 Å². The van der Waals surface area contributed by atoms with Gasteiger partial charge < -0.3 is 4.40 Å². The van der Waals surface area contributed by atoms with Crippen LogP contribution in [-0.2, 0) is 0 Å². The lowest BCUT2D eigenvalue weighted by Crippen LogP contribution is -1.83. The fraction of sp³-hybridized carbons (Fsp3) is 0.0714. The molecule has 0 radical (unpaired) electrons. The van der Waals surface area contributed by atoms with Gasteiger partial charge in [0.25, 0.3) is 0 Å². The minimum absolute atomic E-state index is 0.265. The highest BCUT2D eigenvalue weighted by Gasteiger charge is 2.09.